The minimum absolute atomic E-state index is 0.00554. The van der Waals surface area contributed by atoms with Crippen molar-refractivity contribution in [3.05, 3.63) is 40.9 Å². The summed E-state index contributed by atoms with van der Waals surface area (Å²) in [6.07, 6.45) is 3.79. The Morgan fingerprint density at radius 2 is 2.03 bits per heavy atom. The number of carbonyl (C=O) groups excluding carboxylic acids is 2. The number of hydrogen-bond acceptors (Lipinski definition) is 5. The summed E-state index contributed by atoms with van der Waals surface area (Å²) in [5, 5.41) is 3.53. The number of aromatic nitrogens is 2. The van der Waals surface area contributed by atoms with Crippen molar-refractivity contribution in [3.63, 3.8) is 0 Å². The highest BCUT2D eigenvalue weighted by Gasteiger charge is 2.30. The predicted molar refractivity (Wildman–Crippen MR) is 110 cm³/mol. The van der Waals surface area contributed by atoms with Gasteiger partial charge in [0.1, 0.15) is 0 Å². The normalized spacial score (nSPS) is 22.8. The van der Waals surface area contributed by atoms with Crippen molar-refractivity contribution in [2.24, 2.45) is 11.8 Å². The molecular formula is C22H29N3O4. The van der Waals surface area contributed by atoms with Gasteiger partial charge < -0.3 is 10.1 Å². The fourth-order valence-electron chi connectivity index (χ4n) is 3.87. The van der Waals surface area contributed by atoms with Gasteiger partial charge in [0.15, 0.2) is 6.10 Å². The molecule has 0 spiro atoms. The number of aryl methyl sites for hydroxylation is 1. The second-order valence-corrected chi connectivity index (χ2v) is 8.02. The van der Waals surface area contributed by atoms with Gasteiger partial charge in [0, 0.05) is 12.6 Å². The molecule has 1 N–H and O–H groups in total. The third-order valence-electron chi connectivity index (χ3n) is 6.00. The van der Waals surface area contributed by atoms with E-state index in [-0.39, 0.29) is 30.5 Å². The Morgan fingerprint density at radius 1 is 1.28 bits per heavy atom. The third kappa shape index (κ3) is 5.02. The quantitative estimate of drug-likeness (QED) is 0.754. The SMILES string of the molecule is CC(OC(=O)CCn1cnc2ccccc2c1=O)C(=O)NC1CCCC(C)C1C. The minimum Gasteiger partial charge on any atom is -0.452 e. The highest BCUT2D eigenvalue weighted by atomic mass is 16.5. The number of fused-ring (bicyclic) bond motifs is 1. The Labute approximate surface area is 170 Å². The van der Waals surface area contributed by atoms with Gasteiger partial charge in [0.25, 0.3) is 11.5 Å². The van der Waals surface area contributed by atoms with E-state index in [9.17, 15) is 14.4 Å². The van der Waals surface area contributed by atoms with E-state index in [1.807, 2.05) is 6.07 Å². The molecule has 1 aromatic heterocycles. The summed E-state index contributed by atoms with van der Waals surface area (Å²) >= 11 is 0. The lowest BCUT2D eigenvalue weighted by atomic mass is 9.78. The van der Waals surface area contributed by atoms with Crippen LogP contribution in [-0.4, -0.2) is 33.6 Å². The Kier molecular flexibility index (Phi) is 6.67. The lowest BCUT2D eigenvalue weighted by Crippen LogP contribution is -2.47. The van der Waals surface area contributed by atoms with Crippen molar-refractivity contribution in [1.29, 1.82) is 0 Å². The average molecular weight is 399 g/mol. The van der Waals surface area contributed by atoms with E-state index in [4.69, 9.17) is 4.74 Å². The Balaban J connectivity index is 1.52. The zero-order valence-electron chi connectivity index (χ0n) is 17.3. The van der Waals surface area contributed by atoms with Gasteiger partial charge in [-0.1, -0.05) is 38.8 Å². The first-order valence-corrected chi connectivity index (χ1v) is 10.3. The van der Waals surface area contributed by atoms with Crippen LogP contribution in [0.1, 0.15) is 46.5 Å². The highest BCUT2D eigenvalue weighted by Crippen LogP contribution is 2.29. The van der Waals surface area contributed by atoms with Gasteiger partial charge in [-0.15, -0.1) is 0 Å². The molecule has 1 amide bonds. The smallest absolute Gasteiger partial charge is 0.308 e. The van der Waals surface area contributed by atoms with Gasteiger partial charge in [0.2, 0.25) is 0 Å². The van der Waals surface area contributed by atoms with E-state index >= 15 is 0 Å². The maximum absolute atomic E-state index is 12.5. The molecule has 3 rings (SSSR count). The summed E-state index contributed by atoms with van der Waals surface area (Å²) < 4.78 is 6.67. The standard InChI is InChI=1S/C22H29N3O4/c1-14-7-6-10-18(15(14)2)24-21(27)16(3)29-20(26)11-12-25-13-23-19-9-5-4-8-17(19)22(25)28/h4-5,8-9,13-16,18H,6-7,10-12H2,1-3H3,(H,24,27). The molecule has 1 aromatic carbocycles. The molecule has 4 atom stereocenters. The fourth-order valence-corrected chi connectivity index (χ4v) is 3.87. The number of para-hydroxylation sites is 1. The summed E-state index contributed by atoms with van der Waals surface area (Å²) in [6, 6.07) is 7.19. The molecule has 0 bridgehead atoms. The molecule has 7 heteroatoms. The zero-order valence-corrected chi connectivity index (χ0v) is 17.3. The number of carbonyl (C=O) groups is 2. The summed E-state index contributed by atoms with van der Waals surface area (Å²) in [5.41, 5.74) is 0.419. The van der Waals surface area contributed by atoms with Crippen LogP contribution in [0.2, 0.25) is 0 Å². The van der Waals surface area contributed by atoms with Gasteiger partial charge in [-0.05, 0) is 37.3 Å². The lowest BCUT2D eigenvalue weighted by Gasteiger charge is -2.35. The second kappa shape index (κ2) is 9.20. The second-order valence-electron chi connectivity index (χ2n) is 8.02. The van der Waals surface area contributed by atoms with Crippen LogP contribution in [0, 0.1) is 11.8 Å². The maximum atomic E-state index is 12.5. The number of amides is 1. The van der Waals surface area contributed by atoms with Crippen LogP contribution >= 0.6 is 0 Å². The number of nitrogens with one attached hydrogen (secondary N) is 1. The molecule has 7 nitrogen and oxygen atoms in total. The number of hydrogen-bond donors (Lipinski definition) is 1. The lowest BCUT2D eigenvalue weighted by molar-refractivity contribution is -0.155. The summed E-state index contributed by atoms with van der Waals surface area (Å²) in [6.45, 7) is 6.09. The molecule has 0 aliphatic heterocycles. The molecule has 1 heterocycles. The van der Waals surface area contributed by atoms with Crippen LogP contribution < -0.4 is 10.9 Å². The van der Waals surface area contributed by atoms with E-state index in [2.05, 4.69) is 24.1 Å². The van der Waals surface area contributed by atoms with Gasteiger partial charge in [-0.25, -0.2) is 4.98 Å². The van der Waals surface area contributed by atoms with Crippen molar-refractivity contribution in [2.75, 3.05) is 0 Å². The fraction of sp³-hybridized carbons (Fsp3) is 0.545. The van der Waals surface area contributed by atoms with E-state index in [1.54, 1.807) is 25.1 Å². The van der Waals surface area contributed by atoms with Crippen LogP contribution in [0.15, 0.2) is 35.4 Å². The first-order valence-electron chi connectivity index (χ1n) is 10.3. The van der Waals surface area contributed by atoms with Crippen molar-refractivity contribution in [2.45, 2.75) is 65.1 Å². The first kappa shape index (κ1) is 21.0. The Bertz CT molecular complexity index is 939. The van der Waals surface area contributed by atoms with E-state index in [0.717, 1.165) is 12.8 Å². The first-order chi connectivity index (χ1) is 13.9. The summed E-state index contributed by atoms with van der Waals surface area (Å²) in [4.78, 5) is 41.3. The van der Waals surface area contributed by atoms with E-state index < -0.39 is 12.1 Å². The number of rotatable bonds is 6. The van der Waals surface area contributed by atoms with Gasteiger partial charge in [-0.3, -0.25) is 19.0 Å². The molecule has 4 unspecified atom stereocenters. The van der Waals surface area contributed by atoms with Crippen LogP contribution in [0.25, 0.3) is 10.9 Å². The molecule has 0 radical (unpaired) electrons. The largest absolute Gasteiger partial charge is 0.452 e. The van der Waals surface area contributed by atoms with Crippen LogP contribution in [-0.2, 0) is 20.9 Å². The molecule has 1 saturated carbocycles. The van der Waals surface area contributed by atoms with Crippen LogP contribution in [0.3, 0.4) is 0 Å². The number of nitrogens with zero attached hydrogens (tertiary/aromatic N) is 2. The molecule has 1 aliphatic rings. The number of ether oxygens (including phenoxy) is 1. The monoisotopic (exact) mass is 399 g/mol. The van der Waals surface area contributed by atoms with Crippen LogP contribution in [0.4, 0.5) is 0 Å². The molecular weight excluding hydrogens is 370 g/mol. The molecule has 29 heavy (non-hydrogen) atoms. The molecule has 0 saturated heterocycles. The third-order valence-corrected chi connectivity index (χ3v) is 6.00. The predicted octanol–water partition coefficient (Wildman–Crippen LogP) is 2.66. The highest BCUT2D eigenvalue weighted by molar-refractivity contribution is 5.83. The minimum atomic E-state index is -0.863. The summed E-state index contributed by atoms with van der Waals surface area (Å²) in [7, 11) is 0. The van der Waals surface area contributed by atoms with Crippen molar-refractivity contribution < 1.29 is 14.3 Å². The van der Waals surface area contributed by atoms with Crippen molar-refractivity contribution >= 4 is 22.8 Å². The average Bonchev–Trinajstić information content (AvgIpc) is 2.71. The van der Waals surface area contributed by atoms with Crippen molar-refractivity contribution in [1.82, 2.24) is 14.9 Å². The topological polar surface area (TPSA) is 90.3 Å². The van der Waals surface area contributed by atoms with Gasteiger partial charge >= 0.3 is 5.97 Å². The zero-order chi connectivity index (χ0) is 21.0. The molecule has 2 aromatic rings. The molecule has 1 fully saturated rings. The van der Waals surface area contributed by atoms with E-state index in [1.165, 1.54) is 17.3 Å². The molecule has 156 valence electrons. The van der Waals surface area contributed by atoms with Gasteiger partial charge in [-0.2, -0.15) is 0 Å². The number of benzene rings is 1. The Morgan fingerprint density at radius 3 is 2.83 bits per heavy atom. The summed E-state index contributed by atoms with van der Waals surface area (Å²) in [5.74, 6) is 0.190. The Hall–Kier alpha value is -2.70. The maximum Gasteiger partial charge on any atom is 0.308 e. The van der Waals surface area contributed by atoms with Crippen LogP contribution in [0.5, 0.6) is 0 Å². The molecule has 1 aliphatic carbocycles. The van der Waals surface area contributed by atoms with E-state index in [0.29, 0.717) is 22.7 Å². The van der Waals surface area contributed by atoms with Crippen molar-refractivity contribution in [3.8, 4) is 0 Å². The number of esters is 1. The van der Waals surface area contributed by atoms with Gasteiger partial charge in [0.05, 0.1) is 23.7 Å².